The maximum absolute atomic E-state index is 11.2. The van der Waals surface area contributed by atoms with Crippen LogP contribution in [0.4, 0.5) is 0 Å². The molecule has 1 unspecified atom stereocenters. The number of rotatable bonds is 5. The van der Waals surface area contributed by atoms with Crippen LogP contribution in [0.2, 0.25) is 0 Å². The van der Waals surface area contributed by atoms with E-state index in [0.717, 1.165) is 0 Å². The number of nitrogens with one attached hydrogen (secondary N) is 1. The third-order valence-electron chi connectivity index (χ3n) is 1.70. The van der Waals surface area contributed by atoms with Gasteiger partial charge in [0.25, 0.3) is 0 Å². The first-order valence-electron chi connectivity index (χ1n) is 4.31. The number of ketones is 1. The Labute approximate surface area is 82.9 Å². The Kier molecular flexibility index (Phi) is 5.52. The van der Waals surface area contributed by atoms with Crippen LogP contribution in [-0.2, 0) is 19.1 Å². The zero-order chi connectivity index (χ0) is 11.1. The zero-order valence-corrected chi connectivity index (χ0v) is 8.62. The summed E-state index contributed by atoms with van der Waals surface area (Å²) >= 11 is 0. The third kappa shape index (κ3) is 4.02. The van der Waals surface area contributed by atoms with Crippen LogP contribution < -0.4 is 0 Å². The smallest absolute Gasteiger partial charge is 0.316 e. The van der Waals surface area contributed by atoms with E-state index in [1.165, 1.54) is 14.0 Å². The van der Waals surface area contributed by atoms with Crippen molar-refractivity contribution in [3.63, 3.8) is 0 Å². The molecule has 1 atom stereocenters. The van der Waals surface area contributed by atoms with Gasteiger partial charge in [0, 0.05) is 6.42 Å². The average molecular weight is 201 g/mol. The molecule has 0 aliphatic carbocycles. The molecule has 0 rings (SSSR count). The lowest BCUT2D eigenvalue weighted by molar-refractivity contribution is -0.150. The van der Waals surface area contributed by atoms with E-state index in [0.29, 0.717) is 0 Å². The van der Waals surface area contributed by atoms with E-state index in [4.69, 9.17) is 10.1 Å². The largest absolute Gasteiger partial charge is 0.484 e. The summed E-state index contributed by atoms with van der Waals surface area (Å²) in [5.41, 5.74) is 0. The third-order valence-corrected chi connectivity index (χ3v) is 1.70. The topological polar surface area (TPSA) is 76.5 Å². The fourth-order valence-electron chi connectivity index (χ4n) is 0.905. The van der Waals surface area contributed by atoms with Gasteiger partial charge in [-0.2, -0.15) is 0 Å². The molecule has 5 nitrogen and oxygen atoms in total. The minimum absolute atomic E-state index is 0.0370. The predicted molar refractivity (Wildman–Crippen MR) is 50.2 cm³/mol. The van der Waals surface area contributed by atoms with Crippen molar-refractivity contribution in [3.8, 4) is 0 Å². The van der Waals surface area contributed by atoms with Gasteiger partial charge in [-0.3, -0.25) is 15.0 Å². The summed E-state index contributed by atoms with van der Waals surface area (Å²) in [7, 11) is 1.32. The Morgan fingerprint density at radius 2 is 2.00 bits per heavy atom. The number of Topliss-reactive ketones (excluding diaryl/α,β-unsaturated/α-hetero) is 1. The molecular weight excluding hydrogens is 186 g/mol. The molecule has 0 bridgehead atoms. The SMILES string of the molecule is CCOC(=O)C(CC(=N)OC)C(C)=O. The molecule has 0 saturated carbocycles. The first-order chi connectivity index (χ1) is 6.52. The minimum Gasteiger partial charge on any atom is -0.484 e. The highest BCUT2D eigenvalue weighted by atomic mass is 16.5. The molecule has 0 aliphatic heterocycles. The molecule has 0 aromatic heterocycles. The second kappa shape index (κ2) is 6.12. The summed E-state index contributed by atoms with van der Waals surface area (Å²) in [5.74, 6) is -1.92. The monoisotopic (exact) mass is 201 g/mol. The number of esters is 1. The standard InChI is InChI=1S/C9H15NO4/c1-4-14-9(12)7(6(2)11)5-8(10)13-3/h7,10H,4-5H2,1-3H3. The van der Waals surface area contributed by atoms with Crippen molar-refractivity contribution in [2.24, 2.45) is 5.92 Å². The molecular formula is C9H15NO4. The number of carbonyl (C=O) groups excluding carboxylic acids is 2. The highest BCUT2D eigenvalue weighted by Gasteiger charge is 2.26. The first-order valence-corrected chi connectivity index (χ1v) is 4.31. The lowest BCUT2D eigenvalue weighted by Gasteiger charge is -2.11. The van der Waals surface area contributed by atoms with E-state index in [-0.39, 0.29) is 24.7 Å². The summed E-state index contributed by atoms with van der Waals surface area (Å²) in [6.45, 7) is 3.18. The van der Waals surface area contributed by atoms with Crippen LogP contribution in [0.1, 0.15) is 20.3 Å². The van der Waals surface area contributed by atoms with Gasteiger partial charge in [0.2, 0.25) is 0 Å². The Balaban J connectivity index is 4.36. The number of ether oxygens (including phenoxy) is 2. The second-order valence-corrected chi connectivity index (χ2v) is 2.75. The number of hydrogen-bond donors (Lipinski definition) is 1. The van der Waals surface area contributed by atoms with E-state index in [9.17, 15) is 9.59 Å². The van der Waals surface area contributed by atoms with Crippen LogP contribution in [0, 0.1) is 11.3 Å². The van der Waals surface area contributed by atoms with Gasteiger partial charge in [0.05, 0.1) is 13.7 Å². The maximum Gasteiger partial charge on any atom is 0.316 e. The molecule has 14 heavy (non-hydrogen) atoms. The second-order valence-electron chi connectivity index (χ2n) is 2.75. The van der Waals surface area contributed by atoms with Gasteiger partial charge in [-0.05, 0) is 13.8 Å². The summed E-state index contributed by atoms with van der Waals surface area (Å²) in [5, 5.41) is 7.20. The van der Waals surface area contributed by atoms with Crippen LogP contribution in [-0.4, -0.2) is 31.4 Å². The minimum atomic E-state index is -0.914. The fraction of sp³-hybridized carbons (Fsp3) is 0.667. The van der Waals surface area contributed by atoms with Gasteiger partial charge >= 0.3 is 5.97 Å². The van der Waals surface area contributed by atoms with Crippen LogP contribution in [0.15, 0.2) is 0 Å². The van der Waals surface area contributed by atoms with Crippen LogP contribution in [0.3, 0.4) is 0 Å². The molecule has 0 amide bonds. The van der Waals surface area contributed by atoms with E-state index < -0.39 is 11.9 Å². The Morgan fingerprint density at radius 3 is 2.36 bits per heavy atom. The summed E-state index contributed by atoms with van der Waals surface area (Å²) in [6, 6.07) is 0. The quantitative estimate of drug-likeness (QED) is 0.308. The van der Waals surface area contributed by atoms with Gasteiger partial charge < -0.3 is 9.47 Å². The zero-order valence-electron chi connectivity index (χ0n) is 8.62. The van der Waals surface area contributed by atoms with E-state index in [1.807, 2.05) is 0 Å². The molecule has 5 heteroatoms. The molecule has 1 N–H and O–H groups in total. The van der Waals surface area contributed by atoms with Crippen LogP contribution >= 0.6 is 0 Å². The number of hydrogen-bond acceptors (Lipinski definition) is 5. The van der Waals surface area contributed by atoms with E-state index in [1.54, 1.807) is 6.92 Å². The predicted octanol–water partition coefficient (Wildman–Crippen LogP) is 0.768. The van der Waals surface area contributed by atoms with Gasteiger partial charge in [-0.25, -0.2) is 0 Å². The van der Waals surface area contributed by atoms with Gasteiger partial charge in [-0.15, -0.1) is 0 Å². The van der Waals surface area contributed by atoms with Crippen LogP contribution in [0.5, 0.6) is 0 Å². The maximum atomic E-state index is 11.2. The van der Waals surface area contributed by atoms with Crippen molar-refractivity contribution in [1.29, 1.82) is 5.41 Å². The molecule has 0 heterocycles. The lowest BCUT2D eigenvalue weighted by atomic mass is 10.0. The van der Waals surface area contributed by atoms with Crippen molar-refractivity contribution in [2.45, 2.75) is 20.3 Å². The van der Waals surface area contributed by atoms with Crippen molar-refractivity contribution in [1.82, 2.24) is 0 Å². The molecule has 80 valence electrons. The van der Waals surface area contributed by atoms with Crippen molar-refractivity contribution in [2.75, 3.05) is 13.7 Å². The number of methoxy groups -OCH3 is 1. The first kappa shape index (κ1) is 12.6. The number of carbonyl (C=O) groups is 2. The average Bonchev–Trinajstić information content (AvgIpc) is 2.13. The van der Waals surface area contributed by atoms with Crippen molar-refractivity contribution < 1.29 is 19.1 Å². The summed E-state index contributed by atoms with van der Waals surface area (Å²) in [4.78, 5) is 22.3. The summed E-state index contributed by atoms with van der Waals surface area (Å²) in [6.07, 6.45) is -0.0370. The molecule has 0 saturated heterocycles. The van der Waals surface area contributed by atoms with E-state index >= 15 is 0 Å². The molecule has 0 fully saturated rings. The molecule has 0 aliphatic rings. The normalized spacial score (nSPS) is 11.6. The Morgan fingerprint density at radius 1 is 1.43 bits per heavy atom. The molecule has 0 spiro atoms. The van der Waals surface area contributed by atoms with Gasteiger partial charge in [0.15, 0.2) is 5.90 Å². The molecule has 0 radical (unpaired) electrons. The fourth-order valence-corrected chi connectivity index (χ4v) is 0.905. The molecule has 0 aromatic rings. The summed E-state index contributed by atoms with van der Waals surface area (Å²) < 4.78 is 9.28. The highest BCUT2D eigenvalue weighted by Crippen LogP contribution is 2.08. The lowest BCUT2D eigenvalue weighted by Crippen LogP contribution is -2.27. The van der Waals surface area contributed by atoms with Gasteiger partial charge in [-0.1, -0.05) is 0 Å². The van der Waals surface area contributed by atoms with Crippen LogP contribution in [0.25, 0.3) is 0 Å². The van der Waals surface area contributed by atoms with Crippen molar-refractivity contribution >= 4 is 17.7 Å². The molecule has 0 aromatic carbocycles. The Hall–Kier alpha value is -1.39. The Bertz CT molecular complexity index is 237. The van der Waals surface area contributed by atoms with Crippen molar-refractivity contribution in [3.05, 3.63) is 0 Å². The highest BCUT2D eigenvalue weighted by molar-refractivity contribution is 6.00. The van der Waals surface area contributed by atoms with Gasteiger partial charge in [0.1, 0.15) is 11.7 Å². The van der Waals surface area contributed by atoms with E-state index in [2.05, 4.69) is 4.74 Å².